The van der Waals surface area contributed by atoms with Crippen LogP contribution in [0.3, 0.4) is 0 Å². The third-order valence-corrected chi connectivity index (χ3v) is 7.22. The minimum absolute atomic E-state index is 0.423. The molecule has 2 aromatic carbocycles. The minimum atomic E-state index is -0.513. The maximum atomic E-state index is 6.48. The monoisotopic (exact) mass is 406 g/mol. The molecule has 0 atom stereocenters. The largest absolute Gasteiger partial charge is 0.495 e. The van der Waals surface area contributed by atoms with E-state index in [9.17, 15) is 0 Å². The van der Waals surface area contributed by atoms with Gasteiger partial charge in [0, 0.05) is 0 Å². The van der Waals surface area contributed by atoms with E-state index in [0.717, 1.165) is 22.1 Å². The van der Waals surface area contributed by atoms with Crippen LogP contribution in [0.2, 0.25) is 0 Å². The lowest BCUT2D eigenvalue weighted by Crippen LogP contribution is -2.52. The molecule has 0 aromatic heterocycles. The van der Waals surface area contributed by atoms with Crippen molar-refractivity contribution in [3.05, 3.63) is 48.5 Å². The van der Waals surface area contributed by atoms with Crippen LogP contribution in [-0.4, -0.2) is 36.6 Å². The van der Waals surface area contributed by atoms with E-state index in [1.165, 1.54) is 0 Å². The lowest BCUT2D eigenvalue weighted by Gasteiger charge is -2.32. The summed E-state index contributed by atoms with van der Waals surface area (Å²) in [6, 6.07) is 16.6. The predicted molar refractivity (Wildman–Crippen MR) is 123 cm³/mol. The van der Waals surface area contributed by atoms with Crippen LogP contribution in [0.5, 0.6) is 0 Å². The van der Waals surface area contributed by atoms with Gasteiger partial charge in [0.15, 0.2) is 0 Å². The molecular formula is C24H32B2O4. The Bertz CT molecular complexity index is 905. The quantitative estimate of drug-likeness (QED) is 0.724. The van der Waals surface area contributed by atoms with Crippen LogP contribution < -0.4 is 10.9 Å². The van der Waals surface area contributed by atoms with Gasteiger partial charge in [0.2, 0.25) is 0 Å². The molecule has 0 amide bonds. The van der Waals surface area contributed by atoms with Crippen LogP contribution in [0.4, 0.5) is 0 Å². The van der Waals surface area contributed by atoms with E-state index < -0.39 is 36.6 Å². The van der Waals surface area contributed by atoms with E-state index >= 15 is 0 Å². The van der Waals surface area contributed by atoms with Gasteiger partial charge in [-0.15, -0.1) is 0 Å². The van der Waals surface area contributed by atoms with Crippen molar-refractivity contribution in [2.75, 3.05) is 0 Å². The molecule has 0 N–H and O–H groups in total. The van der Waals surface area contributed by atoms with Crippen molar-refractivity contribution in [1.29, 1.82) is 0 Å². The van der Waals surface area contributed by atoms with Gasteiger partial charge < -0.3 is 18.6 Å². The number of benzene rings is 2. The SMILES string of the molecule is CC1(C)OB(c2cccc(-c3ccccc3)c2B2OC(C)(C)C(C)(C)O2)OC1(C)C. The molecule has 158 valence electrons. The van der Waals surface area contributed by atoms with E-state index in [4.69, 9.17) is 18.6 Å². The Kier molecular flexibility index (Phi) is 5.02. The predicted octanol–water partition coefficient (Wildman–Crippen LogP) is 3.95. The summed E-state index contributed by atoms with van der Waals surface area (Å²) in [5.41, 5.74) is 2.39. The van der Waals surface area contributed by atoms with Crippen molar-refractivity contribution in [2.24, 2.45) is 0 Å². The van der Waals surface area contributed by atoms with Gasteiger partial charge in [-0.3, -0.25) is 0 Å². The Hall–Kier alpha value is -1.59. The molecule has 2 fully saturated rings. The zero-order valence-corrected chi connectivity index (χ0v) is 19.4. The molecule has 0 unspecified atom stereocenters. The molecule has 2 heterocycles. The Balaban J connectivity index is 1.86. The van der Waals surface area contributed by atoms with Gasteiger partial charge in [-0.1, -0.05) is 48.5 Å². The zero-order chi connectivity index (χ0) is 21.9. The first-order chi connectivity index (χ1) is 13.8. The molecule has 0 radical (unpaired) electrons. The molecule has 0 saturated carbocycles. The van der Waals surface area contributed by atoms with E-state index in [-0.39, 0.29) is 0 Å². The Morgan fingerprint density at radius 2 is 1.00 bits per heavy atom. The van der Waals surface area contributed by atoms with Crippen LogP contribution in [0.15, 0.2) is 48.5 Å². The summed E-state index contributed by atoms with van der Waals surface area (Å²) in [6.07, 6.45) is 0. The van der Waals surface area contributed by atoms with Crippen LogP contribution in [0.25, 0.3) is 11.1 Å². The molecule has 4 nitrogen and oxygen atoms in total. The molecule has 6 heteroatoms. The van der Waals surface area contributed by atoms with Crippen molar-refractivity contribution < 1.29 is 18.6 Å². The highest BCUT2D eigenvalue weighted by molar-refractivity contribution is 6.75. The minimum Gasteiger partial charge on any atom is -0.399 e. The normalized spacial score (nSPS) is 23.7. The van der Waals surface area contributed by atoms with Crippen LogP contribution in [0.1, 0.15) is 55.4 Å². The van der Waals surface area contributed by atoms with Crippen LogP contribution >= 0.6 is 0 Å². The molecule has 2 aliphatic rings. The van der Waals surface area contributed by atoms with E-state index in [1.807, 2.05) is 18.2 Å². The van der Waals surface area contributed by atoms with Gasteiger partial charge in [0.1, 0.15) is 0 Å². The third-order valence-electron chi connectivity index (χ3n) is 7.22. The third kappa shape index (κ3) is 3.44. The smallest absolute Gasteiger partial charge is 0.399 e. The average molecular weight is 406 g/mol. The van der Waals surface area contributed by atoms with E-state index in [0.29, 0.717) is 0 Å². The summed E-state index contributed by atoms with van der Waals surface area (Å²) in [6.45, 7) is 16.6. The highest BCUT2D eigenvalue weighted by Gasteiger charge is 2.56. The maximum Gasteiger partial charge on any atom is 0.495 e. The van der Waals surface area contributed by atoms with Crippen LogP contribution in [0, 0.1) is 0 Å². The summed E-state index contributed by atoms with van der Waals surface area (Å²) in [5.74, 6) is 0. The molecule has 0 bridgehead atoms. The summed E-state index contributed by atoms with van der Waals surface area (Å²) in [5, 5.41) is 0. The first-order valence-corrected chi connectivity index (χ1v) is 10.7. The van der Waals surface area contributed by atoms with Gasteiger partial charge in [0.25, 0.3) is 0 Å². The maximum absolute atomic E-state index is 6.48. The van der Waals surface area contributed by atoms with Crippen LogP contribution in [-0.2, 0) is 18.6 Å². The molecule has 2 saturated heterocycles. The fraction of sp³-hybridized carbons (Fsp3) is 0.500. The van der Waals surface area contributed by atoms with E-state index in [2.05, 4.69) is 85.7 Å². The fourth-order valence-electron chi connectivity index (χ4n) is 3.85. The second-order valence-electron chi connectivity index (χ2n) is 10.4. The van der Waals surface area contributed by atoms with Crippen molar-refractivity contribution >= 4 is 25.2 Å². The molecule has 0 aliphatic carbocycles. The lowest BCUT2D eigenvalue weighted by molar-refractivity contribution is 0.00578. The first-order valence-electron chi connectivity index (χ1n) is 10.7. The number of hydrogen-bond donors (Lipinski definition) is 0. The van der Waals surface area contributed by atoms with E-state index in [1.54, 1.807) is 0 Å². The summed E-state index contributed by atoms with van der Waals surface area (Å²) >= 11 is 0. The second-order valence-corrected chi connectivity index (χ2v) is 10.4. The Morgan fingerprint density at radius 1 is 0.533 bits per heavy atom. The molecule has 2 aliphatic heterocycles. The first kappa shape index (κ1) is 21.6. The summed E-state index contributed by atoms with van der Waals surface area (Å²) in [4.78, 5) is 0. The molecule has 2 aromatic rings. The van der Waals surface area contributed by atoms with Crippen molar-refractivity contribution in [3.63, 3.8) is 0 Å². The fourth-order valence-corrected chi connectivity index (χ4v) is 3.85. The molecule has 0 spiro atoms. The second kappa shape index (κ2) is 6.96. The Labute approximate surface area is 181 Å². The van der Waals surface area contributed by atoms with Gasteiger partial charge in [-0.25, -0.2) is 0 Å². The highest BCUT2D eigenvalue weighted by atomic mass is 16.7. The lowest BCUT2D eigenvalue weighted by atomic mass is 9.62. The van der Waals surface area contributed by atoms with Gasteiger partial charge in [0.05, 0.1) is 22.4 Å². The topological polar surface area (TPSA) is 36.9 Å². The number of hydrogen-bond acceptors (Lipinski definition) is 4. The highest BCUT2D eigenvalue weighted by Crippen LogP contribution is 2.39. The Morgan fingerprint density at radius 3 is 1.50 bits per heavy atom. The summed E-state index contributed by atoms with van der Waals surface area (Å²) in [7, 11) is -1.01. The standard InChI is InChI=1S/C24H32B2O4/c1-21(2)22(3,4)28-25(27-21)19-16-12-15-18(17-13-10-9-11-14-17)20(19)26-29-23(5,6)24(7,8)30-26/h9-16H,1-8H3. The van der Waals surface area contributed by atoms with Crippen molar-refractivity contribution in [3.8, 4) is 11.1 Å². The van der Waals surface area contributed by atoms with Gasteiger partial charge in [-0.2, -0.15) is 0 Å². The van der Waals surface area contributed by atoms with Gasteiger partial charge >= 0.3 is 14.2 Å². The number of rotatable bonds is 3. The summed E-state index contributed by atoms with van der Waals surface area (Å²) < 4.78 is 25.8. The van der Waals surface area contributed by atoms with Crippen molar-refractivity contribution in [2.45, 2.75) is 77.8 Å². The molecular weight excluding hydrogens is 374 g/mol. The average Bonchev–Trinajstić information content (AvgIpc) is 3.01. The van der Waals surface area contributed by atoms with Crippen molar-refractivity contribution in [1.82, 2.24) is 0 Å². The van der Waals surface area contributed by atoms with Gasteiger partial charge in [-0.05, 0) is 77.4 Å². The molecule has 4 rings (SSSR count). The zero-order valence-electron chi connectivity index (χ0n) is 19.4. The molecule has 30 heavy (non-hydrogen) atoms.